The molecule has 18 heavy (non-hydrogen) atoms. The van der Waals surface area contributed by atoms with Crippen molar-refractivity contribution in [3.8, 4) is 0 Å². The van der Waals surface area contributed by atoms with Crippen molar-refractivity contribution >= 4 is 15.9 Å². The van der Waals surface area contributed by atoms with Gasteiger partial charge in [-0.15, -0.1) is 0 Å². The lowest BCUT2D eigenvalue weighted by atomic mass is 9.86. The van der Waals surface area contributed by atoms with Crippen LogP contribution in [-0.4, -0.2) is 12.6 Å². The Balaban J connectivity index is 2.73. The second-order valence-electron chi connectivity index (χ2n) is 5.97. The summed E-state index contributed by atoms with van der Waals surface area (Å²) in [6, 6.07) is 5.71. The lowest BCUT2D eigenvalue weighted by Crippen LogP contribution is -2.34. The maximum atomic E-state index is 13.2. The Morgan fingerprint density at radius 2 is 2.00 bits per heavy atom. The first kappa shape index (κ1) is 15.6. The van der Waals surface area contributed by atoms with Crippen LogP contribution in [0.25, 0.3) is 0 Å². The molecule has 0 heterocycles. The van der Waals surface area contributed by atoms with Crippen LogP contribution in [0.3, 0.4) is 0 Å². The van der Waals surface area contributed by atoms with Gasteiger partial charge in [0.25, 0.3) is 0 Å². The molecule has 0 spiro atoms. The van der Waals surface area contributed by atoms with E-state index in [-0.39, 0.29) is 5.82 Å². The predicted molar refractivity (Wildman–Crippen MR) is 79.3 cm³/mol. The molecule has 0 saturated carbocycles. The van der Waals surface area contributed by atoms with Gasteiger partial charge < -0.3 is 5.32 Å². The number of hydrogen-bond acceptors (Lipinski definition) is 1. The number of benzene rings is 1. The maximum Gasteiger partial charge on any atom is 0.137 e. The molecule has 0 aliphatic rings. The fourth-order valence-electron chi connectivity index (χ4n) is 2.20. The average molecular weight is 316 g/mol. The van der Waals surface area contributed by atoms with Gasteiger partial charge in [-0.25, -0.2) is 4.39 Å². The van der Waals surface area contributed by atoms with E-state index >= 15 is 0 Å². The van der Waals surface area contributed by atoms with Crippen LogP contribution in [-0.2, 0) is 6.42 Å². The van der Waals surface area contributed by atoms with Gasteiger partial charge in [0.1, 0.15) is 5.82 Å². The molecule has 1 aromatic rings. The summed E-state index contributed by atoms with van der Waals surface area (Å²) in [6.45, 7) is 9.83. The van der Waals surface area contributed by atoms with Crippen molar-refractivity contribution in [1.29, 1.82) is 0 Å². The smallest absolute Gasteiger partial charge is 0.137 e. The molecule has 1 N–H and O–H groups in total. The summed E-state index contributed by atoms with van der Waals surface area (Å²) >= 11 is 3.24. The van der Waals surface area contributed by atoms with Gasteiger partial charge >= 0.3 is 0 Å². The van der Waals surface area contributed by atoms with Crippen LogP contribution < -0.4 is 5.32 Å². The third kappa shape index (κ3) is 5.49. The van der Waals surface area contributed by atoms with Crippen LogP contribution in [0.5, 0.6) is 0 Å². The van der Waals surface area contributed by atoms with Crippen LogP contribution in [0.2, 0.25) is 0 Å². The number of halogens is 2. The van der Waals surface area contributed by atoms with E-state index in [1.807, 2.05) is 12.1 Å². The number of nitrogens with one attached hydrogen (secondary N) is 1. The summed E-state index contributed by atoms with van der Waals surface area (Å²) in [7, 11) is 0. The van der Waals surface area contributed by atoms with E-state index in [0.29, 0.717) is 15.9 Å². The molecule has 1 aromatic carbocycles. The molecule has 0 radical (unpaired) electrons. The highest BCUT2D eigenvalue weighted by Crippen LogP contribution is 2.24. The van der Waals surface area contributed by atoms with Crippen molar-refractivity contribution in [3.63, 3.8) is 0 Å². The van der Waals surface area contributed by atoms with Gasteiger partial charge in [-0.05, 0) is 58.4 Å². The molecule has 1 rings (SSSR count). The van der Waals surface area contributed by atoms with E-state index in [1.165, 1.54) is 11.6 Å². The van der Waals surface area contributed by atoms with Gasteiger partial charge in [-0.1, -0.05) is 33.8 Å². The van der Waals surface area contributed by atoms with Gasteiger partial charge in [-0.2, -0.15) is 0 Å². The first-order chi connectivity index (χ1) is 8.31. The predicted octanol–water partition coefficient (Wildman–Crippen LogP) is 4.55. The normalized spacial score (nSPS) is 13.7. The lowest BCUT2D eigenvalue weighted by Gasteiger charge is -2.26. The fraction of sp³-hybridized carbons (Fsp3) is 0.600. The van der Waals surface area contributed by atoms with Crippen molar-refractivity contribution in [1.82, 2.24) is 5.32 Å². The first-order valence-electron chi connectivity index (χ1n) is 6.49. The van der Waals surface area contributed by atoms with E-state index in [4.69, 9.17) is 0 Å². The summed E-state index contributed by atoms with van der Waals surface area (Å²) in [5.41, 5.74) is 1.46. The molecule has 1 unspecified atom stereocenters. The molecule has 0 aromatic heterocycles. The Bertz CT molecular complexity index is 385. The molecule has 0 fully saturated rings. The molecular weight excluding hydrogens is 293 g/mol. The quantitative estimate of drug-likeness (QED) is 0.840. The second kappa shape index (κ2) is 6.67. The Labute approximate surface area is 118 Å². The largest absolute Gasteiger partial charge is 0.314 e. The molecule has 1 atom stereocenters. The Morgan fingerprint density at radius 3 is 2.50 bits per heavy atom. The van der Waals surface area contributed by atoms with E-state index in [2.05, 4.69) is 48.9 Å². The lowest BCUT2D eigenvalue weighted by molar-refractivity contribution is 0.309. The minimum atomic E-state index is -0.199. The number of rotatable bonds is 5. The SMILES string of the molecule is CCNC(Cc1ccc(F)c(Br)c1)CC(C)(C)C. The van der Waals surface area contributed by atoms with Gasteiger partial charge in [0.2, 0.25) is 0 Å². The monoisotopic (exact) mass is 315 g/mol. The van der Waals surface area contributed by atoms with Crippen molar-refractivity contribution in [2.24, 2.45) is 5.41 Å². The number of hydrogen-bond donors (Lipinski definition) is 1. The molecule has 0 amide bonds. The second-order valence-corrected chi connectivity index (χ2v) is 6.83. The van der Waals surface area contributed by atoms with Crippen LogP contribution in [0.15, 0.2) is 22.7 Å². The van der Waals surface area contributed by atoms with Gasteiger partial charge in [0.15, 0.2) is 0 Å². The highest BCUT2D eigenvalue weighted by molar-refractivity contribution is 9.10. The van der Waals surface area contributed by atoms with Crippen molar-refractivity contribution < 1.29 is 4.39 Å². The topological polar surface area (TPSA) is 12.0 Å². The first-order valence-corrected chi connectivity index (χ1v) is 7.28. The fourth-order valence-corrected chi connectivity index (χ4v) is 2.62. The molecule has 0 aliphatic heterocycles. The number of likely N-dealkylation sites (N-methyl/N-ethyl adjacent to an activating group) is 1. The minimum absolute atomic E-state index is 0.199. The van der Waals surface area contributed by atoms with Gasteiger partial charge in [-0.3, -0.25) is 0 Å². The molecular formula is C15H23BrFN. The highest BCUT2D eigenvalue weighted by atomic mass is 79.9. The van der Waals surface area contributed by atoms with Crippen molar-refractivity contribution in [2.45, 2.75) is 46.6 Å². The van der Waals surface area contributed by atoms with E-state index in [0.717, 1.165) is 19.4 Å². The van der Waals surface area contributed by atoms with Gasteiger partial charge in [0.05, 0.1) is 4.47 Å². The van der Waals surface area contributed by atoms with Gasteiger partial charge in [0, 0.05) is 6.04 Å². The summed E-state index contributed by atoms with van der Waals surface area (Å²) in [6.07, 6.45) is 2.04. The standard InChI is InChI=1S/C15H23BrFN/c1-5-18-12(10-15(2,3)4)8-11-6-7-14(17)13(16)9-11/h6-7,9,12,18H,5,8,10H2,1-4H3. The van der Waals surface area contributed by atoms with Crippen molar-refractivity contribution in [2.75, 3.05) is 6.54 Å². The zero-order valence-electron chi connectivity index (χ0n) is 11.7. The zero-order chi connectivity index (χ0) is 13.8. The minimum Gasteiger partial charge on any atom is -0.314 e. The highest BCUT2D eigenvalue weighted by Gasteiger charge is 2.18. The average Bonchev–Trinajstić information content (AvgIpc) is 2.21. The third-order valence-electron chi connectivity index (χ3n) is 2.82. The van der Waals surface area contributed by atoms with E-state index in [9.17, 15) is 4.39 Å². The summed E-state index contributed by atoms with van der Waals surface area (Å²) < 4.78 is 13.7. The van der Waals surface area contributed by atoms with Crippen LogP contribution >= 0.6 is 15.9 Å². The zero-order valence-corrected chi connectivity index (χ0v) is 13.3. The van der Waals surface area contributed by atoms with Crippen LogP contribution in [0, 0.1) is 11.2 Å². The van der Waals surface area contributed by atoms with E-state index in [1.54, 1.807) is 0 Å². The van der Waals surface area contributed by atoms with Crippen LogP contribution in [0.4, 0.5) is 4.39 Å². The Morgan fingerprint density at radius 1 is 1.33 bits per heavy atom. The maximum absolute atomic E-state index is 13.2. The molecule has 3 heteroatoms. The Hall–Kier alpha value is -0.410. The molecule has 102 valence electrons. The summed E-state index contributed by atoms with van der Waals surface area (Å²) in [4.78, 5) is 0. The molecule has 1 nitrogen and oxygen atoms in total. The Kier molecular flexibility index (Phi) is 5.80. The summed E-state index contributed by atoms with van der Waals surface area (Å²) in [5.74, 6) is -0.199. The van der Waals surface area contributed by atoms with E-state index < -0.39 is 0 Å². The molecule has 0 bridgehead atoms. The molecule has 0 aliphatic carbocycles. The van der Waals surface area contributed by atoms with Crippen LogP contribution in [0.1, 0.15) is 39.7 Å². The third-order valence-corrected chi connectivity index (χ3v) is 3.43. The van der Waals surface area contributed by atoms with Crippen molar-refractivity contribution in [3.05, 3.63) is 34.1 Å². The molecule has 0 saturated heterocycles. The summed E-state index contributed by atoms with van der Waals surface area (Å²) in [5, 5.41) is 3.51.